The quantitative estimate of drug-likeness (QED) is 0.755. The number of carboxylic acid groups (broad SMARTS) is 1. The van der Waals surface area contributed by atoms with Gasteiger partial charge in [-0.1, -0.05) is 38.1 Å². The van der Waals surface area contributed by atoms with Crippen molar-refractivity contribution in [1.29, 1.82) is 0 Å². The Hall–Kier alpha value is -1.88. The van der Waals surface area contributed by atoms with Gasteiger partial charge in [-0.3, -0.25) is 9.59 Å². The van der Waals surface area contributed by atoms with Gasteiger partial charge in [-0.2, -0.15) is 0 Å². The van der Waals surface area contributed by atoms with Crippen molar-refractivity contribution in [2.24, 2.45) is 11.7 Å². The highest BCUT2D eigenvalue weighted by Crippen LogP contribution is 2.19. The van der Waals surface area contributed by atoms with Crippen LogP contribution in [0.5, 0.6) is 0 Å². The zero-order valence-electron chi connectivity index (χ0n) is 13.6. The first-order valence-corrected chi connectivity index (χ1v) is 7.50. The van der Waals surface area contributed by atoms with E-state index in [-0.39, 0.29) is 0 Å². The summed E-state index contributed by atoms with van der Waals surface area (Å²) in [6.07, 6.45) is 0.122. The van der Waals surface area contributed by atoms with Gasteiger partial charge in [0.15, 0.2) is 0 Å². The van der Waals surface area contributed by atoms with E-state index in [1.54, 1.807) is 6.92 Å². The Morgan fingerprint density at radius 3 is 2.14 bits per heavy atom. The molecule has 0 aliphatic rings. The van der Waals surface area contributed by atoms with Crippen LogP contribution in [0.15, 0.2) is 24.3 Å². The fourth-order valence-electron chi connectivity index (χ4n) is 2.11. The van der Waals surface area contributed by atoms with Crippen LogP contribution in [0.25, 0.3) is 0 Å². The molecule has 5 heteroatoms. The number of carboxylic acids is 1. The molecule has 0 radical (unpaired) electrons. The molecule has 0 bridgehead atoms. The van der Waals surface area contributed by atoms with E-state index in [1.807, 2.05) is 24.3 Å². The largest absolute Gasteiger partial charge is 0.480 e. The van der Waals surface area contributed by atoms with Gasteiger partial charge in [-0.25, -0.2) is 0 Å². The summed E-state index contributed by atoms with van der Waals surface area (Å²) < 4.78 is 5.14. The van der Waals surface area contributed by atoms with Crippen molar-refractivity contribution in [3.63, 3.8) is 0 Å². The number of rotatable bonds is 7. The molecule has 22 heavy (non-hydrogen) atoms. The van der Waals surface area contributed by atoms with E-state index in [1.165, 1.54) is 12.5 Å². The molecule has 0 amide bonds. The minimum atomic E-state index is -1.22. The first-order chi connectivity index (χ1) is 10.2. The molecule has 122 valence electrons. The Morgan fingerprint density at radius 2 is 1.68 bits per heavy atom. The third-order valence-electron chi connectivity index (χ3n) is 3.57. The van der Waals surface area contributed by atoms with Crippen molar-refractivity contribution in [2.75, 3.05) is 0 Å². The van der Waals surface area contributed by atoms with E-state index in [0.717, 1.165) is 12.0 Å². The van der Waals surface area contributed by atoms with E-state index >= 15 is 0 Å². The Balaban J connectivity index is 2.68. The third-order valence-corrected chi connectivity index (χ3v) is 3.57. The van der Waals surface area contributed by atoms with Crippen LogP contribution >= 0.6 is 0 Å². The van der Waals surface area contributed by atoms with E-state index < -0.39 is 30.0 Å². The molecule has 3 N–H and O–H groups in total. The molecular weight excluding hydrogens is 282 g/mol. The van der Waals surface area contributed by atoms with Crippen molar-refractivity contribution in [3.8, 4) is 0 Å². The summed E-state index contributed by atoms with van der Waals surface area (Å²) in [7, 11) is 0. The maximum Gasteiger partial charge on any atom is 0.324 e. The van der Waals surface area contributed by atoms with Gasteiger partial charge in [-0.05, 0) is 37.3 Å². The first-order valence-electron chi connectivity index (χ1n) is 7.50. The number of ether oxygens (including phenoxy) is 1. The fourth-order valence-corrected chi connectivity index (χ4v) is 2.11. The van der Waals surface area contributed by atoms with Crippen LogP contribution in [-0.2, 0) is 20.7 Å². The Morgan fingerprint density at radius 1 is 1.14 bits per heavy atom. The lowest BCUT2D eigenvalue weighted by atomic mass is 9.97. The maximum atomic E-state index is 12.1. The average Bonchev–Trinajstić information content (AvgIpc) is 2.45. The smallest absolute Gasteiger partial charge is 0.324 e. The Bertz CT molecular complexity index is 510. The fraction of sp³-hybridized carbons (Fsp3) is 0.529. The van der Waals surface area contributed by atoms with Crippen LogP contribution in [0, 0.1) is 5.92 Å². The second kappa shape index (κ2) is 7.94. The molecule has 0 aliphatic carbocycles. The predicted octanol–water partition coefficient (Wildman–Crippen LogP) is 2.33. The summed E-state index contributed by atoms with van der Waals surface area (Å²) in [5.74, 6) is -1.55. The molecule has 0 saturated heterocycles. The van der Waals surface area contributed by atoms with Crippen LogP contribution in [0.1, 0.15) is 44.7 Å². The van der Waals surface area contributed by atoms with Gasteiger partial charge in [0.05, 0.1) is 5.92 Å². The summed E-state index contributed by atoms with van der Waals surface area (Å²) in [4.78, 5) is 22.8. The number of carbonyl (C=O) groups is 2. The summed E-state index contributed by atoms with van der Waals surface area (Å²) in [5.41, 5.74) is 7.50. The summed E-state index contributed by atoms with van der Waals surface area (Å²) >= 11 is 0. The normalized spacial score (nSPS) is 15.2. The van der Waals surface area contributed by atoms with Crippen LogP contribution in [0.4, 0.5) is 0 Å². The summed E-state index contributed by atoms with van der Waals surface area (Å²) in [6.45, 7) is 7.52. The van der Waals surface area contributed by atoms with Crippen LogP contribution in [0.3, 0.4) is 0 Å². The van der Waals surface area contributed by atoms with E-state index in [0.29, 0.717) is 5.92 Å². The molecule has 0 heterocycles. The number of hydrogen-bond acceptors (Lipinski definition) is 4. The van der Waals surface area contributed by atoms with Crippen LogP contribution in [-0.4, -0.2) is 29.2 Å². The van der Waals surface area contributed by atoms with Gasteiger partial charge in [-0.15, -0.1) is 0 Å². The number of nitrogens with two attached hydrogens (primary N) is 1. The van der Waals surface area contributed by atoms with E-state index in [9.17, 15) is 9.59 Å². The minimum Gasteiger partial charge on any atom is -0.480 e. The van der Waals surface area contributed by atoms with Crippen molar-refractivity contribution >= 4 is 11.9 Å². The number of aliphatic carboxylic acids is 1. The topological polar surface area (TPSA) is 89.6 Å². The van der Waals surface area contributed by atoms with Gasteiger partial charge >= 0.3 is 11.9 Å². The molecule has 1 rings (SSSR count). The summed E-state index contributed by atoms with van der Waals surface area (Å²) in [6, 6.07) is 6.61. The highest BCUT2D eigenvalue weighted by molar-refractivity contribution is 5.79. The van der Waals surface area contributed by atoms with E-state index in [2.05, 4.69) is 13.8 Å². The highest BCUT2D eigenvalue weighted by atomic mass is 16.5. The monoisotopic (exact) mass is 307 g/mol. The van der Waals surface area contributed by atoms with Gasteiger partial charge in [0.1, 0.15) is 12.1 Å². The molecule has 0 unspecified atom stereocenters. The van der Waals surface area contributed by atoms with Gasteiger partial charge in [0.25, 0.3) is 0 Å². The number of esters is 1. The Kier molecular flexibility index (Phi) is 6.56. The lowest BCUT2D eigenvalue weighted by Crippen LogP contribution is -2.43. The minimum absolute atomic E-state index is 0.462. The van der Waals surface area contributed by atoms with E-state index in [4.69, 9.17) is 15.6 Å². The number of hydrogen-bond donors (Lipinski definition) is 2. The molecule has 3 atom stereocenters. The molecule has 1 aromatic rings. The number of benzene rings is 1. The molecule has 0 aromatic heterocycles. The SMILES string of the molecule is CC(C)Cc1ccc([C@H](C)C(=O)O[C@H](C)[C@H](N)C(=O)O)cc1. The lowest BCUT2D eigenvalue weighted by Gasteiger charge is -2.19. The van der Waals surface area contributed by atoms with Crippen molar-refractivity contribution < 1.29 is 19.4 Å². The molecule has 1 aromatic carbocycles. The highest BCUT2D eigenvalue weighted by Gasteiger charge is 2.26. The van der Waals surface area contributed by atoms with Gasteiger partial charge < -0.3 is 15.6 Å². The van der Waals surface area contributed by atoms with Crippen molar-refractivity contribution in [1.82, 2.24) is 0 Å². The van der Waals surface area contributed by atoms with Crippen LogP contribution in [0.2, 0.25) is 0 Å². The zero-order valence-corrected chi connectivity index (χ0v) is 13.6. The molecule has 0 spiro atoms. The maximum absolute atomic E-state index is 12.1. The second-order valence-electron chi connectivity index (χ2n) is 6.07. The standard InChI is InChI=1S/C17H25NO4/c1-10(2)9-13-5-7-14(8-6-13)11(3)17(21)22-12(4)15(18)16(19)20/h5-8,10-12,15H,9,18H2,1-4H3,(H,19,20)/t11-,12+,15-/m0/s1. The zero-order chi connectivity index (χ0) is 16.9. The van der Waals surface area contributed by atoms with Crippen LogP contribution < -0.4 is 5.73 Å². The molecule has 5 nitrogen and oxygen atoms in total. The summed E-state index contributed by atoms with van der Waals surface area (Å²) in [5, 5.41) is 8.81. The number of carbonyl (C=O) groups excluding carboxylic acids is 1. The molecule has 0 fully saturated rings. The second-order valence-corrected chi connectivity index (χ2v) is 6.07. The molecule has 0 saturated carbocycles. The van der Waals surface area contributed by atoms with Crippen molar-refractivity contribution in [3.05, 3.63) is 35.4 Å². The Labute approximate surface area is 131 Å². The third kappa shape index (κ3) is 5.15. The van der Waals surface area contributed by atoms with Crippen molar-refractivity contribution in [2.45, 2.75) is 52.2 Å². The predicted molar refractivity (Wildman–Crippen MR) is 84.6 cm³/mol. The lowest BCUT2D eigenvalue weighted by molar-refractivity contribution is -0.154. The molecular formula is C17H25NO4. The van der Waals surface area contributed by atoms with Gasteiger partial charge in [0.2, 0.25) is 0 Å². The molecule has 0 aliphatic heterocycles. The average molecular weight is 307 g/mol. The van der Waals surface area contributed by atoms with Gasteiger partial charge in [0, 0.05) is 0 Å². The first kappa shape index (κ1) is 18.2.